The number of ether oxygens (including phenoxy) is 1. The van der Waals surface area contributed by atoms with Gasteiger partial charge in [-0.1, -0.05) is 29.8 Å². The van der Waals surface area contributed by atoms with Gasteiger partial charge in [-0.3, -0.25) is 4.79 Å². The van der Waals surface area contributed by atoms with Crippen molar-refractivity contribution in [3.63, 3.8) is 0 Å². The lowest BCUT2D eigenvalue weighted by Crippen LogP contribution is -2.56. The molecule has 0 amide bonds. The molecule has 0 aliphatic carbocycles. The molecule has 0 fully saturated rings. The number of hydrogen-bond acceptors (Lipinski definition) is 5. The molecule has 0 spiro atoms. The molecule has 102 valence electrons. The number of esters is 1. The summed E-state index contributed by atoms with van der Waals surface area (Å²) < 4.78 is 21.3. The molecule has 0 saturated heterocycles. The SMILES string of the molecule is CCC(OC(=O)C(C)CBr)[Si](OC)(OC)OC. The van der Waals surface area contributed by atoms with Crippen molar-refractivity contribution in [2.75, 3.05) is 26.7 Å². The second-order valence-corrected chi connectivity index (χ2v) is 7.33. The molecule has 0 aliphatic rings. The van der Waals surface area contributed by atoms with Crippen LogP contribution in [0.3, 0.4) is 0 Å². The van der Waals surface area contributed by atoms with E-state index in [9.17, 15) is 4.79 Å². The third-order valence-corrected chi connectivity index (χ3v) is 6.50. The molecular weight excluding hydrogens is 308 g/mol. The summed E-state index contributed by atoms with van der Waals surface area (Å²) >= 11 is 3.25. The summed E-state index contributed by atoms with van der Waals surface area (Å²) in [5.74, 6) is -0.488. The molecule has 0 radical (unpaired) electrons. The van der Waals surface area contributed by atoms with Gasteiger partial charge in [0.1, 0.15) is 0 Å². The van der Waals surface area contributed by atoms with E-state index in [1.807, 2.05) is 6.92 Å². The maximum Gasteiger partial charge on any atom is 0.543 e. The third kappa shape index (κ3) is 4.33. The molecule has 2 atom stereocenters. The Bertz CT molecular complexity index is 226. The maximum absolute atomic E-state index is 11.7. The quantitative estimate of drug-likeness (QED) is 0.386. The van der Waals surface area contributed by atoms with E-state index in [-0.39, 0.29) is 11.9 Å². The zero-order valence-corrected chi connectivity index (χ0v) is 13.6. The van der Waals surface area contributed by atoms with Crippen LogP contribution in [0.4, 0.5) is 0 Å². The van der Waals surface area contributed by atoms with E-state index >= 15 is 0 Å². The molecule has 0 bridgehead atoms. The predicted molar refractivity (Wildman–Crippen MR) is 69.9 cm³/mol. The molecular formula is C10H21BrO5Si. The molecule has 7 heteroatoms. The van der Waals surface area contributed by atoms with Crippen LogP contribution < -0.4 is 0 Å². The fourth-order valence-electron chi connectivity index (χ4n) is 1.37. The fraction of sp³-hybridized carbons (Fsp3) is 0.900. The molecule has 0 aromatic carbocycles. The highest BCUT2D eigenvalue weighted by molar-refractivity contribution is 9.09. The van der Waals surface area contributed by atoms with Crippen LogP contribution in [0.15, 0.2) is 0 Å². The van der Waals surface area contributed by atoms with E-state index in [2.05, 4.69) is 15.9 Å². The second-order valence-electron chi connectivity index (χ2n) is 3.61. The minimum atomic E-state index is -2.93. The summed E-state index contributed by atoms with van der Waals surface area (Å²) in [6, 6.07) is 0. The summed E-state index contributed by atoms with van der Waals surface area (Å²) in [7, 11) is 1.58. The van der Waals surface area contributed by atoms with Gasteiger partial charge in [0.15, 0.2) is 5.73 Å². The van der Waals surface area contributed by atoms with Crippen LogP contribution in [0, 0.1) is 5.92 Å². The van der Waals surface area contributed by atoms with Crippen molar-refractivity contribution in [3.8, 4) is 0 Å². The third-order valence-electron chi connectivity index (χ3n) is 2.51. The lowest BCUT2D eigenvalue weighted by atomic mass is 10.2. The zero-order chi connectivity index (χ0) is 13.5. The van der Waals surface area contributed by atoms with Gasteiger partial charge >= 0.3 is 14.8 Å². The van der Waals surface area contributed by atoms with Crippen molar-refractivity contribution < 1.29 is 22.8 Å². The van der Waals surface area contributed by atoms with Gasteiger partial charge in [-0.05, 0) is 6.42 Å². The van der Waals surface area contributed by atoms with Crippen LogP contribution in [0.2, 0.25) is 0 Å². The topological polar surface area (TPSA) is 54.0 Å². The van der Waals surface area contributed by atoms with Gasteiger partial charge in [0.2, 0.25) is 0 Å². The van der Waals surface area contributed by atoms with E-state index in [0.29, 0.717) is 11.8 Å². The minimum Gasteiger partial charge on any atom is -0.458 e. The Morgan fingerprint density at radius 2 is 1.71 bits per heavy atom. The van der Waals surface area contributed by atoms with Crippen LogP contribution >= 0.6 is 15.9 Å². The Balaban J connectivity index is 4.76. The minimum absolute atomic E-state index is 0.207. The van der Waals surface area contributed by atoms with Gasteiger partial charge in [-0.15, -0.1) is 0 Å². The lowest BCUT2D eigenvalue weighted by Gasteiger charge is -2.31. The first-order valence-corrected chi connectivity index (χ1v) is 8.35. The van der Waals surface area contributed by atoms with E-state index in [1.54, 1.807) is 6.92 Å². The largest absolute Gasteiger partial charge is 0.543 e. The summed E-state index contributed by atoms with van der Waals surface area (Å²) in [6.07, 6.45) is 0.586. The lowest BCUT2D eigenvalue weighted by molar-refractivity contribution is -0.152. The molecule has 2 unspecified atom stereocenters. The van der Waals surface area contributed by atoms with Gasteiger partial charge in [0.05, 0.1) is 5.92 Å². The maximum atomic E-state index is 11.7. The average Bonchev–Trinajstić information content (AvgIpc) is 2.38. The van der Waals surface area contributed by atoms with Crippen LogP contribution in [-0.4, -0.2) is 47.2 Å². The molecule has 0 aromatic rings. The molecule has 0 N–H and O–H groups in total. The van der Waals surface area contributed by atoms with Crippen LogP contribution in [-0.2, 0) is 22.8 Å². The first-order valence-electron chi connectivity index (χ1n) is 5.43. The van der Waals surface area contributed by atoms with Crippen molar-refractivity contribution in [1.29, 1.82) is 0 Å². The van der Waals surface area contributed by atoms with Gasteiger partial charge in [-0.25, -0.2) is 0 Å². The van der Waals surface area contributed by atoms with Gasteiger partial charge in [0, 0.05) is 26.7 Å². The number of rotatable bonds is 8. The molecule has 17 heavy (non-hydrogen) atoms. The molecule has 0 saturated carbocycles. The Morgan fingerprint density at radius 1 is 1.24 bits per heavy atom. The summed E-state index contributed by atoms with van der Waals surface area (Å²) in [6.45, 7) is 3.69. The van der Waals surface area contributed by atoms with Crippen LogP contribution in [0.25, 0.3) is 0 Å². The first kappa shape index (κ1) is 17.0. The molecule has 0 heterocycles. The van der Waals surface area contributed by atoms with Crippen LogP contribution in [0.1, 0.15) is 20.3 Å². The summed E-state index contributed by atoms with van der Waals surface area (Å²) in [4.78, 5) is 11.7. The van der Waals surface area contributed by atoms with Crippen LogP contribution in [0.5, 0.6) is 0 Å². The van der Waals surface area contributed by atoms with Crippen molar-refractivity contribution in [2.45, 2.75) is 26.0 Å². The Kier molecular flexibility index (Phi) is 8.22. The van der Waals surface area contributed by atoms with Crippen molar-refractivity contribution in [1.82, 2.24) is 0 Å². The molecule has 5 nitrogen and oxygen atoms in total. The van der Waals surface area contributed by atoms with Gasteiger partial charge in [0.25, 0.3) is 0 Å². The molecule has 0 rings (SSSR count). The van der Waals surface area contributed by atoms with E-state index in [1.165, 1.54) is 21.3 Å². The van der Waals surface area contributed by atoms with E-state index in [0.717, 1.165) is 0 Å². The monoisotopic (exact) mass is 328 g/mol. The highest BCUT2D eigenvalue weighted by Crippen LogP contribution is 2.19. The highest BCUT2D eigenvalue weighted by atomic mass is 79.9. The first-order chi connectivity index (χ1) is 8.01. The number of halogens is 1. The van der Waals surface area contributed by atoms with Gasteiger partial charge in [-0.2, -0.15) is 0 Å². The normalized spacial score (nSPS) is 15.4. The molecule has 0 aliphatic heterocycles. The zero-order valence-electron chi connectivity index (χ0n) is 11.0. The van der Waals surface area contributed by atoms with Crippen molar-refractivity contribution >= 4 is 30.7 Å². The molecule has 0 aromatic heterocycles. The Morgan fingerprint density at radius 3 is 2.00 bits per heavy atom. The Hall–Kier alpha value is 0.0469. The smallest absolute Gasteiger partial charge is 0.458 e. The standard InChI is InChI=1S/C10H21BrO5Si/c1-6-9(16-10(12)8(2)7-11)17(13-3,14-4)15-5/h8-9H,6-7H2,1-5H3. The predicted octanol–water partition coefficient (Wildman–Crippen LogP) is 1.76. The van der Waals surface area contributed by atoms with E-state index < -0.39 is 14.5 Å². The van der Waals surface area contributed by atoms with Crippen molar-refractivity contribution in [2.24, 2.45) is 5.92 Å². The second kappa shape index (κ2) is 8.20. The average molecular weight is 329 g/mol. The number of alkyl halides is 1. The number of hydrogen-bond donors (Lipinski definition) is 0. The summed E-state index contributed by atoms with van der Waals surface area (Å²) in [5, 5.41) is 0.559. The highest BCUT2D eigenvalue weighted by Gasteiger charge is 2.49. The number of carbonyl (C=O) groups excluding carboxylic acids is 1. The van der Waals surface area contributed by atoms with Crippen molar-refractivity contribution in [3.05, 3.63) is 0 Å². The van der Waals surface area contributed by atoms with E-state index in [4.69, 9.17) is 18.0 Å². The van der Waals surface area contributed by atoms with Gasteiger partial charge < -0.3 is 18.0 Å². The summed E-state index contributed by atoms with van der Waals surface area (Å²) in [5.41, 5.74) is -0.475. The Labute approximate surface area is 112 Å². The number of carbonyl (C=O) groups is 1. The fourth-order valence-corrected chi connectivity index (χ4v) is 3.68.